The van der Waals surface area contributed by atoms with Crippen LogP contribution in [0.3, 0.4) is 0 Å². The summed E-state index contributed by atoms with van der Waals surface area (Å²) in [6.45, 7) is 0. The van der Waals surface area contributed by atoms with E-state index in [1.807, 2.05) is 18.5 Å². The van der Waals surface area contributed by atoms with Crippen molar-refractivity contribution in [2.24, 2.45) is 5.92 Å². The van der Waals surface area contributed by atoms with Gasteiger partial charge in [-0.25, -0.2) is 4.98 Å². The summed E-state index contributed by atoms with van der Waals surface area (Å²) in [4.78, 5) is 9.29. The lowest BCUT2D eigenvalue weighted by molar-refractivity contribution is 0.356. The van der Waals surface area contributed by atoms with E-state index < -0.39 is 0 Å². The van der Waals surface area contributed by atoms with Crippen molar-refractivity contribution < 1.29 is 4.42 Å². The number of aromatic nitrogens is 2. The Morgan fingerprint density at radius 1 is 0.867 bits per heavy atom. The summed E-state index contributed by atoms with van der Waals surface area (Å²) in [7, 11) is 0. The molecule has 0 saturated heterocycles. The van der Waals surface area contributed by atoms with Crippen LogP contribution in [-0.2, 0) is 6.42 Å². The summed E-state index contributed by atoms with van der Waals surface area (Å²) in [5, 5.41) is 4.50. The average Bonchev–Trinajstić information content (AvgIpc) is 3.19. The summed E-state index contributed by atoms with van der Waals surface area (Å²) < 4.78 is 6.28. The van der Waals surface area contributed by atoms with Gasteiger partial charge in [0.2, 0.25) is 5.71 Å². The molecular weight excluding hydrogens is 368 g/mol. The molecular formula is C27H24N2O. The van der Waals surface area contributed by atoms with Gasteiger partial charge in [-0.1, -0.05) is 68.5 Å². The van der Waals surface area contributed by atoms with Gasteiger partial charge in [-0.2, -0.15) is 0 Å². The Kier molecular flexibility index (Phi) is 4.26. The molecule has 30 heavy (non-hydrogen) atoms. The molecule has 0 N–H and O–H groups in total. The summed E-state index contributed by atoms with van der Waals surface area (Å²) in [5.74, 6) is 0.812. The SMILES string of the molecule is c1ccc2c(c1)cnc1oc3c(-c4cc(CC5CCCCC5)ccn4)cccc3c12. The van der Waals surface area contributed by atoms with E-state index in [9.17, 15) is 0 Å². The third-order valence-electron chi connectivity index (χ3n) is 6.60. The van der Waals surface area contributed by atoms with Crippen LogP contribution in [0.2, 0.25) is 0 Å². The Morgan fingerprint density at radius 2 is 1.73 bits per heavy atom. The second-order valence-electron chi connectivity index (χ2n) is 8.57. The predicted octanol–water partition coefficient (Wildman–Crippen LogP) is 7.32. The normalized spacial score (nSPS) is 15.3. The monoisotopic (exact) mass is 392 g/mol. The molecule has 0 atom stereocenters. The number of rotatable bonds is 3. The molecule has 3 heteroatoms. The number of pyridine rings is 2. The first-order chi connectivity index (χ1) is 14.9. The highest BCUT2D eigenvalue weighted by molar-refractivity contribution is 6.19. The van der Waals surface area contributed by atoms with E-state index in [0.29, 0.717) is 5.71 Å². The first-order valence-electron chi connectivity index (χ1n) is 11.0. The van der Waals surface area contributed by atoms with E-state index in [2.05, 4.69) is 53.5 Å². The minimum atomic E-state index is 0.689. The number of para-hydroxylation sites is 1. The molecule has 3 aromatic heterocycles. The van der Waals surface area contributed by atoms with Crippen molar-refractivity contribution in [3.63, 3.8) is 0 Å². The van der Waals surface area contributed by atoms with Gasteiger partial charge in [-0.15, -0.1) is 0 Å². The smallest absolute Gasteiger partial charge is 0.227 e. The molecule has 0 bridgehead atoms. The summed E-state index contributed by atoms with van der Waals surface area (Å²) in [5.41, 5.74) is 4.97. The zero-order chi connectivity index (χ0) is 19.9. The Balaban J connectivity index is 1.48. The van der Waals surface area contributed by atoms with Gasteiger partial charge in [-0.05, 0) is 41.5 Å². The van der Waals surface area contributed by atoms with Crippen molar-refractivity contribution in [2.45, 2.75) is 38.5 Å². The molecule has 0 amide bonds. The largest absolute Gasteiger partial charge is 0.437 e. The zero-order valence-corrected chi connectivity index (χ0v) is 17.0. The quantitative estimate of drug-likeness (QED) is 0.323. The minimum absolute atomic E-state index is 0.689. The van der Waals surface area contributed by atoms with Crippen LogP contribution in [0.5, 0.6) is 0 Å². The number of furan rings is 1. The summed E-state index contributed by atoms with van der Waals surface area (Å²) in [6.07, 6.45) is 11.9. The third kappa shape index (κ3) is 2.97. The highest BCUT2D eigenvalue weighted by Crippen LogP contribution is 2.38. The second kappa shape index (κ2) is 7.24. The van der Waals surface area contributed by atoms with Crippen molar-refractivity contribution in [1.29, 1.82) is 0 Å². The molecule has 6 rings (SSSR count). The van der Waals surface area contributed by atoms with Gasteiger partial charge in [0, 0.05) is 28.7 Å². The third-order valence-corrected chi connectivity index (χ3v) is 6.60. The molecule has 1 aliphatic rings. The van der Waals surface area contributed by atoms with Crippen LogP contribution in [-0.4, -0.2) is 9.97 Å². The predicted molar refractivity (Wildman–Crippen MR) is 123 cm³/mol. The maximum Gasteiger partial charge on any atom is 0.227 e. The van der Waals surface area contributed by atoms with Crippen LogP contribution < -0.4 is 0 Å². The highest BCUT2D eigenvalue weighted by Gasteiger charge is 2.17. The fraction of sp³-hybridized carbons (Fsp3) is 0.259. The molecule has 1 saturated carbocycles. The van der Waals surface area contributed by atoms with Crippen LogP contribution in [0.1, 0.15) is 37.7 Å². The topological polar surface area (TPSA) is 38.9 Å². The lowest BCUT2D eigenvalue weighted by Crippen LogP contribution is -2.09. The van der Waals surface area contributed by atoms with Gasteiger partial charge in [-0.3, -0.25) is 4.98 Å². The fourth-order valence-electron chi connectivity index (χ4n) is 5.10. The lowest BCUT2D eigenvalue weighted by Gasteiger charge is -2.21. The number of benzene rings is 2. The molecule has 5 aromatic rings. The molecule has 0 radical (unpaired) electrons. The molecule has 0 spiro atoms. The number of nitrogens with zero attached hydrogens (tertiary/aromatic N) is 2. The summed E-state index contributed by atoms with van der Waals surface area (Å²) >= 11 is 0. The Bertz CT molecular complexity index is 1360. The van der Waals surface area contributed by atoms with E-state index in [1.54, 1.807) is 0 Å². The maximum atomic E-state index is 6.28. The molecule has 1 aliphatic carbocycles. The molecule has 2 aromatic carbocycles. The molecule has 3 nitrogen and oxygen atoms in total. The van der Waals surface area contributed by atoms with Crippen LogP contribution in [0, 0.1) is 5.92 Å². The van der Waals surface area contributed by atoms with Crippen LogP contribution in [0.25, 0.3) is 44.1 Å². The van der Waals surface area contributed by atoms with Gasteiger partial charge in [0.15, 0.2) is 0 Å². The van der Waals surface area contributed by atoms with Crippen LogP contribution in [0.15, 0.2) is 71.4 Å². The van der Waals surface area contributed by atoms with Crippen molar-refractivity contribution in [3.05, 3.63) is 72.6 Å². The van der Waals surface area contributed by atoms with Crippen LogP contribution in [0.4, 0.5) is 0 Å². The van der Waals surface area contributed by atoms with Crippen molar-refractivity contribution in [2.75, 3.05) is 0 Å². The first-order valence-corrected chi connectivity index (χ1v) is 11.0. The number of fused-ring (bicyclic) bond motifs is 5. The van der Waals surface area contributed by atoms with E-state index in [-0.39, 0.29) is 0 Å². The molecule has 0 unspecified atom stereocenters. The van der Waals surface area contributed by atoms with E-state index in [4.69, 9.17) is 9.40 Å². The molecule has 3 heterocycles. The van der Waals surface area contributed by atoms with Gasteiger partial charge < -0.3 is 4.42 Å². The number of hydrogen-bond acceptors (Lipinski definition) is 3. The fourth-order valence-corrected chi connectivity index (χ4v) is 5.10. The van der Waals surface area contributed by atoms with Crippen molar-refractivity contribution in [3.8, 4) is 11.3 Å². The lowest BCUT2D eigenvalue weighted by atomic mass is 9.85. The second-order valence-corrected chi connectivity index (χ2v) is 8.57. The Morgan fingerprint density at radius 3 is 2.67 bits per heavy atom. The number of hydrogen-bond donors (Lipinski definition) is 0. The van der Waals surface area contributed by atoms with E-state index in [0.717, 1.165) is 45.3 Å². The van der Waals surface area contributed by atoms with E-state index >= 15 is 0 Å². The maximum absolute atomic E-state index is 6.28. The van der Waals surface area contributed by atoms with Gasteiger partial charge in [0.05, 0.1) is 11.1 Å². The van der Waals surface area contributed by atoms with Crippen molar-refractivity contribution >= 4 is 32.8 Å². The average molecular weight is 393 g/mol. The Hall–Kier alpha value is -3.20. The summed E-state index contributed by atoms with van der Waals surface area (Å²) in [6, 6.07) is 19.1. The molecule has 1 fully saturated rings. The van der Waals surface area contributed by atoms with E-state index in [1.165, 1.54) is 43.1 Å². The first kappa shape index (κ1) is 17.6. The molecule has 0 aliphatic heterocycles. The highest BCUT2D eigenvalue weighted by atomic mass is 16.3. The van der Waals surface area contributed by atoms with Crippen LogP contribution >= 0.6 is 0 Å². The van der Waals surface area contributed by atoms with Gasteiger partial charge in [0.25, 0.3) is 0 Å². The minimum Gasteiger partial charge on any atom is -0.437 e. The molecule has 148 valence electrons. The van der Waals surface area contributed by atoms with Gasteiger partial charge >= 0.3 is 0 Å². The standard InChI is InChI=1S/C27H24N2O/c1-2-7-18(8-3-1)15-19-13-14-28-24(16-19)22-11-6-12-23-25-21-10-5-4-9-20(21)17-29-27(25)30-26(22)23/h4-6,9-14,16-18H,1-3,7-8,15H2. The van der Waals surface area contributed by atoms with Crippen molar-refractivity contribution in [1.82, 2.24) is 9.97 Å². The Labute approximate surface area is 175 Å². The van der Waals surface area contributed by atoms with Gasteiger partial charge in [0.1, 0.15) is 5.58 Å². The zero-order valence-electron chi connectivity index (χ0n) is 17.0.